The standard InChI is InChI=1S/C18H28N2O3/c1-6-23-15-9-7-14(8-10-15)17(21)20-16(13(4)5)18(22)19-11-12(2)3/h7-10,12-13,16H,6,11H2,1-5H3,(H,19,22)(H,20,21). The quantitative estimate of drug-likeness (QED) is 0.774. The van der Waals surface area contributed by atoms with Crippen molar-refractivity contribution >= 4 is 11.8 Å². The van der Waals surface area contributed by atoms with Crippen LogP contribution in [0.2, 0.25) is 0 Å². The summed E-state index contributed by atoms with van der Waals surface area (Å²) in [4.78, 5) is 24.6. The molecule has 23 heavy (non-hydrogen) atoms. The zero-order chi connectivity index (χ0) is 17.4. The van der Waals surface area contributed by atoms with Gasteiger partial charge in [-0.3, -0.25) is 9.59 Å². The second-order valence-corrected chi connectivity index (χ2v) is 6.29. The van der Waals surface area contributed by atoms with E-state index in [1.54, 1.807) is 24.3 Å². The molecule has 2 amide bonds. The van der Waals surface area contributed by atoms with E-state index in [1.165, 1.54) is 0 Å². The van der Waals surface area contributed by atoms with Gasteiger partial charge >= 0.3 is 0 Å². The van der Waals surface area contributed by atoms with Crippen molar-refractivity contribution < 1.29 is 14.3 Å². The molecule has 2 N–H and O–H groups in total. The summed E-state index contributed by atoms with van der Waals surface area (Å²) < 4.78 is 5.36. The van der Waals surface area contributed by atoms with Gasteiger partial charge in [-0.15, -0.1) is 0 Å². The third-order valence-electron chi connectivity index (χ3n) is 3.35. The summed E-state index contributed by atoms with van der Waals surface area (Å²) in [6.45, 7) is 11.0. The van der Waals surface area contributed by atoms with Crippen molar-refractivity contribution in [1.82, 2.24) is 10.6 Å². The molecule has 0 saturated heterocycles. The van der Waals surface area contributed by atoms with Gasteiger partial charge in [0.1, 0.15) is 11.8 Å². The predicted octanol–water partition coefficient (Wildman–Crippen LogP) is 2.61. The highest BCUT2D eigenvalue weighted by molar-refractivity contribution is 5.97. The summed E-state index contributed by atoms with van der Waals surface area (Å²) in [5, 5.41) is 5.69. The van der Waals surface area contributed by atoms with Crippen LogP contribution in [-0.4, -0.2) is 31.0 Å². The molecule has 0 radical (unpaired) electrons. The van der Waals surface area contributed by atoms with E-state index in [2.05, 4.69) is 10.6 Å². The van der Waals surface area contributed by atoms with E-state index in [9.17, 15) is 9.59 Å². The van der Waals surface area contributed by atoms with Gasteiger partial charge in [0.05, 0.1) is 6.61 Å². The Morgan fingerprint density at radius 1 is 1.09 bits per heavy atom. The van der Waals surface area contributed by atoms with Crippen molar-refractivity contribution in [3.05, 3.63) is 29.8 Å². The summed E-state index contributed by atoms with van der Waals surface area (Å²) in [7, 11) is 0. The van der Waals surface area contributed by atoms with Gasteiger partial charge in [0.15, 0.2) is 0 Å². The molecule has 1 atom stereocenters. The number of amides is 2. The van der Waals surface area contributed by atoms with Crippen LogP contribution in [0.25, 0.3) is 0 Å². The lowest BCUT2D eigenvalue weighted by atomic mass is 10.0. The zero-order valence-corrected chi connectivity index (χ0v) is 14.7. The fraction of sp³-hybridized carbons (Fsp3) is 0.556. The first-order valence-corrected chi connectivity index (χ1v) is 8.16. The first-order chi connectivity index (χ1) is 10.8. The van der Waals surface area contributed by atoms with Crippen LogP contribution < -0.4 is 15.4 Å². The van der Waals surface area contributed by atoms with Crippen LogP contribution in [0.5, 0.6) is 5.75 Å². The van der Waals surface area contributed by atoms with Crippen LogP contribution in [0.15, 0.2) is 24.3 Å². The van der Waals surface area contributed by atoms with Crippen molar-refractivity contribution in [3.8, 4) is 5.75 Å². The van der Waals surface area contributed by atoms with Gasteiger partial charge in [0.25, 0.3) is 5.91 Å². The average Bonchev–Trinajstić information content (AvgIpc) is 2.50. The molecule has 5 nitrogen and oxygen atoms in total. The van der Waals surface area contributed by atoms with Crippen LogP contribution in [0, 0.1) is 11.8 Å². The Balaban J connectivity index is 2.71. The van der Waals surface area contributed by atoms with Gasteiger partial charge < -0.3 is 15.4 Å². The number of benzene rings is 1. The van der Waals surface area contributed by atoms with Gasteiger partial charge in [-0.05, 0) is 43.0 Å². The Morgan fingerprint density at radius 3 is 2.17 bits per heavy atom. The number of hydrogen-bond acceptors (Lipinski definition) is 3. The molecule has 0 aliphatic carbocycles. The van der Waals surface area contributed by atoms with Crippen LogP contribution in [0.4, 0.5) is 0 Å². The lowest BCUT2D eigenvalue weighted by molar-refractivity contribution is -0.124. The monoisotopic (exact) mass is 320 g/mol. The molecule has 128 valence electrons. The largest absolute Gasteiger partial charge is 0.494 e. The Kier molecular flexibility index (Phi) is 7.59. The minimum atomic E-state index is -0.548. The van der Waals surface area contributed by atoms with E-state index in [0.717, 1.165) is 5.75 Å². The number of rotatable bonds is 8. The number of ether oxygens (including phenoxy) is 1. The van der Waals surface area contributed by atoms with E-state index in [-0.39, 0.29) is 17.7 Å². The molecule has 0 aromatic heterocycles. The molecule has 0 aliphatic rings. The first kappa shape index (κ1) is 19.0. The number of hydrogen-bond donors (Lipinski definition) is 2. The van der Waals surface area contributed by atoms with Crippen molar-refractivity contribution in [2.24, 2.45) is 11.8 Å². The minimum absolute atomic E-state index is 0.00816. The Hall–Kier alpha value is -2.04. The maximum atomic E-state index is 12.3. The van der Waals surface area contributed by atoms with Gasteiger partial charge in [0.2, 0.25) is 5.91 Å². The Morgan fingerprint density at radius 2 is 1.70 bits per heavy atom. The fourth-order valence-corrected chi connectivity index (χ4v) is 2.04. The summed E-state index contributed by atoms with van der Waals surface area (Å²) in [6.07, 6.45) is 0. The van der Waals surface area contributed by atoms with E-state index < -0.39 is 6.04 Å². The summed E-state index contributed by atoms with van der Waals surface area (Å²) in [5.74, 6) is 0.695. The van der Waals surface area contributed by atoms with E-state index in [4.69, 9.17) is 4.74 Å². The minimum Gasteiger partial charge on any atom is -0.494 e. The van der Waals surface area contributed by atoms with E-state index >= 15 is 0 Å². The second-order valence-electron chi connectivity index (χ2n) is 6.29. The van der Waals surface area contributed by atoms with Crippen LogP contribution in [-0.2, 0) is 4.79 Å². The molecule has 0 fully saturated rings. The Bertz CT molecular complexity index is 510. The SMILES string of the molecule is CCOc1ccc(C(=O)NC(C(=O)NCC(C)C)C(C)C)cc1. The molecule has 1 rings (SSSR count). The molecule has 1 aromatic rings. The van der Waals surface area contributed by atoms with E-state index in [1.807, 2.05) is 34.6 Å². The topological polar surface area (TPSA) is 67.4 Å². The maximum absolute atomic E-state index is 12.3. The molecule has 1 unspecified atom stereocenters. The van der Waals surface area contributed by atoms with Gasteiger partial charge in [-0.1, -0.05) is 27.7 Å². The molecule has 0 spiro atoms. The highest BCUT2D eigenvalue weighted by Gasteiger charge is 2.24. The third kappa shape index (κ3) is 6.30. The van der Waals surface area contributed by atoms with Crippen molar-refractivity contribution in [1.29, 1.82) is 0 Å². The maximum Gasteiger partial charge on any atom is 0.251 e. The highest BCUT2D eigenvalue weighted by Crippen LogP contribution is 2.13. The van der Waals surface area contributed by atoms with Crippen LogP contribution >= 0.6 is 0 Å². The molecule has 0 heterocycles. The average molecular weight is 320 g/mol. The summed E-state index contributed by atoms with van der Waals surface area (Å²) >= 11 is 0. The normalized spacial score (nSPS) is 12.1. The smallest absolute Gasteiger partial charge is 0.251 e. The summed E-state index contributed by atoms with van der Waals surface area (Å²) in [5.41, 5.74) is 0.510. The lowest BCUT2D eigenvalue weighted by Crippen LogP contribution is -2.50. The molecule has 0 aliphatic heterocycles. The molecule has 0 saturated carbocycles. The highest BCUT2D eigenvalue weighted by atomic mass is 16.5. The van der Waals surface area contributed by atoms with Gasteiger partial charge in [0, 0.05) is 12.1 Å². The fourth-order valence-electron chi connectivity index (χ4n) is 2.04. The number of carbonyl (C=O) groups excluding carboxylic acids is 2. The number of carbonyl (C=O) groups is 2. The third-order valence-corrected chi connectivity index (χ3v) is 3.35. The van der Waals surface area contributed by atoms with Crippen LogP contribution in [0.1, 0.15) is 45.0 Å². The molecule has 0 bridgehead atoms. The van der Waals surface area contributed by atoms with Crippen LogP contribution in [0.3, 0.4) is 0 Å². The first-order valence-electron chi connectivity index (χ1n) is 8.16. The molecular weight excluding hydrogens is 292 g/mol. The summed E-state index contributed by atoms with van der Waals surface area (Å²) in [6, 6.07) is 6.35. The van der Waals surface area contributed by atoms with Gasteiger partial charge in [-0.25, -0.2) is 0 Å². The van der Waals surface area contributed by atoms with Gasteiger partial charge in [-0.2, -0.15) is 0 Å². The predicted molar refractivity (Wildman–Crippen MR) is 91.6 cm³/mol. The van der Waals surface area contributed by atoms with Crippen molar-refractivity contribution in [2.75, 3.05) is 13.2 Å². The molecular formula is C18H28N2O3. The molecule has 5 heteroatoms. The Labute approximate surface area is 138 Å². The van der Waals surface area contributed by atoms with E-state index in [0.29, 0.717) is 24.6 Å². The number of nitrogens with one attached hydrogen (secondary N) is 2. The molecule has 1 aromatic carbocycles. The second kappa shape index (κ2) is 9.18. The van der Waals surface area contributed by atoms with Crippen molar-refractivity contribution in [2.45, 2.75) is 40.7 Å². The zero-order valence-electron chi connectivity index (χ0n) is 14.7. The lowest BCUT2D eigenvalue weighted by Gasteiger charge is -2.22. The van der Waals surface area contributed by atoms with Crippen molar-refractivity contribution in [3.63, 3.8) is 0 Å².